The molecule has 31 heavy (non-hydrogen) atoms. The van der Waals surface area contributed by atoms with Crippen LogP contribution in [0.3, 0.4) is 0 Å². The second-order valence-electron chi connectivity index (χ2n) is 7.16. The van der Waals surface area contributed by atoms with Crippen molar-refractivity contribution in [3.63, 3.8) is 0 Å². The molecule has 1 fully saturated rings. The Labute approximate surface area is 197 Å². The normalized spacial score (nSPS) is 15.1. The summed E-state index contributed by atoms with van der Waals surface area (Å²) < 4.78 is 17.3. The van der Waals surface area contributed by atoms with Crippen molar-refractivity contribution in [2.24, 2.45) is 5.92 Å². The van der Waals surface area contributed by atoms with E-state index in [1.54, 1.807) is 12.1 Å². The van der Waals surface area contributed by atoms with Crippen molar-refractivity contribution in [3.8, 4) is 17.2 Å². The molecule has 2 aromatic carbocycles. The van der Waals surface area contributed by atoms with Gasteiger partial charge in [-0.1, -0.05) is 17.7 Å². The van der Waals surface area contributed by atoms with E-state index in [9.17, 15) is 0 Å². The fourth-order valence-corrected chi connectivity index (χ4v) is 3.93. The average molecular weight is 486 g/mol. The number of fused-ring (bicyclic) bond motifs is 2. The number of benzene rings is 2. The van der Waals surface area contributed by atoms with Crippen LogP contribution in [0.25, 0.3) is 10.9 Å². The zero-order valence-corrected chi connectivity index (χ0v) is 19.0. The van der Waals surface area contributed by atoms with Crippen molar-refractivity contribution in [1.82, 2.24) is 15.3 Å². The summed E-state index contributed by atoms with van der Waals surface area (Å²) >= 11 is 6.43. The van der Waals surface area contributed by atoms with Crippen LogP contribution in [0.2, 0.25) is 5.02 Å². The molecular formula is C21H23Cl3N4O3. The van der Waals surface area contributed by atoms with Crippen LogP contribution in [-0.2, 0) is 0 Å². The standard InChI is InChI=1S/C21H21ClN4O3.2ClH/c22-14-4-5-17-20(29-12-28-17)19(14)26-21-18-15(24-11-25-21)2-1-3-16(18)27-10-13-6-8-23-9-7-13;;/h1-5,11,13,23H,6-10,12H2,(H,24,25,26);2*1H. The number of anilines is 2. The lowest BCUT2D eigenvalue weighted by molar-refractivity contribution is 0.174. The highest BCUT2D eigenvalue weighted by atomic mass is 35.5. The van der Waals surface area contributed by atoms with Crippen molar-refractivity contribution in [1.29, 1.82) is 0 Å². The molecule has 1 saturated heterocycles. The van der Waals surface area contributed by atoms with Gasteiger partial charge >= 0.3 is 0 Å². The molecule has 0 unspecified atom stereocenters. The van der Waals surface area contributed by atoms with E-state index in [0.717, 1.165) is 42.6 Å². The molecule has 0 atom stereocenters. The van der Waals surface area contributed by atoms with E-state index in [4.69, 9.17) is 25.8 Å². The van der Waals surface area contributed by atoms with Gasteiger partial charge in [0.25, 0.3) is 0 Å². The fraction of sp³-hybridized carbons (Fsp3) is 0.333. The smallest absolute Gasteiger partial charge is 0.231 e. The summed E-state index contributed by atoms with van der Waals surface area (Å²) in [4.78, 5) is 8.86. The summed E-state index contributed by atoms with van der Waals surface area (Å²) in [6.45, 7) is 2.92. The van der Waals surface area contributed by atoms with Crippen LogP contribution >= 0.6 is 36.4 Å². The molecule has 0 aliphatic carbocycles. The number of nitrogens with zero attached hydrogens (tertiary/aromatic N) is 2. The summed E-state index contributed by atoms with van der Waals surface area (Å²) in [5.41, 5.74) is 1.42. The minimum atomic E-state index is 0. The molecule has 0 bridgehead atoms. The molecule has 3 aromatic rings. The van der Waals surface area contributed by atoms with Crippen LogP contribution < -0.4 is 24.8 Å². The van der Waals surface area contributed by atoms with Crippen LogP contribution in [0, 0.1) is 5.92 Å². The van der Waals surface area contributed by atoms with Gasteiger partial charge in [-0.05, 0) is 56.1 Å². The number of nitrogens with one attached hydrogen (secondary N) is 2. The average Bonchev–Trinajstić information content (AvgIpc) is 3.24. The Morgan fingerprint density at radius 1 is 1.10 bits per heavy atom. The van der Waals surface area contributed by atoms with Crippen molar-refractivity contribution in [3.05, 3.63) is 41.7 Å². The minimum absolute atomic E-state index is 0. The lowest BCUT2D eigenvalue weighted by Crippen LogP contribution is -2.30. The first kappa shape index (κ1) is 23.5. The number of piperidine rings is 1. The summed E-state index contributed by atoms with van der Waals surface area (Å²) in [6.07, 6.45) is 3.76. The van der Waals surface area contributed by atoms with Gasteiger partial charge in [-0.2, -0.15) is 0 Å². The third-order valence-corrected chi connectivity index (χ3v) is 5.60. The molecule has 5 rings (SSSR count). The first-order chi connectivity index (χ1) is 14.3. The van der Waals surface area contributed by atoms with E-state index >= 15 is 0 Å². The van der Waals surface area contributed by atoms with E-state index in [-0.39, 0.29) is 31.6 Å². The predicted octanol–water partition coefficient (Wildman–Crippen LogP) is 4.98. The first-order valence-corrected chi connectivity index (χ1v) is 10.1. The molecule has 166 valence electrons. The van der Waals surface area contributed by atoms with Crippen LogP contribution in [0.1, 0.15) is 12.8 Å². The Hall–Kier alpha value is -2.19. The summed E-state index contributed by atoms with van der Waals surface area (Å²) in [6, 6.07) is 9.41. The molecule has 0 amide bonds. The van der Waals surface area contributed by atoms with Crippen molar-refractivity contribution >= 4 is 58.8 Å². The van der Waals surface area contributed by atoms with Gasteiger partial charge in [0.15, 0.2) is 11.5 Å². The van der Waals surface area contributed by atoms with Crippen LogP contribution in [0.15, 0.2) is 36.7 Å². The minimum Gasteiger partial charge on any atom is -0.492 e. The van der Waals surface area contributed by atoms with Gasteiger partial charge in [0.1, 0.15) is 23.6 Å². The SMILES string of the molecule is Cl.Cl.Clc1ccc2c(c1Nc1ncnc3cccc(OCC4CCNCC4)c13)OCO2. The number of rotatable bonds is 5. The van der Waals surface area contributed by atoms with Crippen molar-refractivity contribution < 1.29 is 14.2 Å². The maximum atomic E-state index is 6.43. The van der Waals surface area contributed by atoms with Gasteiger partial charge in [-0.15, -0.1) is 24.8 Å². The zero-order chi connectivity index (χ0) is 19.6. The molecule has 2 N–H and O–H groups in total. The van der Waals surface area contributed by atoms with E-state index in [1.165, 1.54) is 6.33 Å². The van der Waals surface area contributed by atoms with Crippen LogP contribution in [0.5, 0.6) is 17.2 Å². The highest BCUT2D eigenvalue weighted by molar-refractivity contribution is 6.34. The molecular weight excluding hydrogens is 463 g/mol. The number of halogens is 3. The summed E-state index contributed by atoms with van der Waals surface area (Å²) in [7, 11) is 0. The lowest BCUT2D eigenvalue weighted by atomic mass is 9.99. The van der Waals surface area contributed by atoms with Crippen molar-refractivity contribution in [2.45, 2.75) is 12.8 Å². The molecule has 2 aliphatic heterocycles. The predicted molar refractivity (Wildman–Crippen MR) is 126 cm³/mol. The maximum Gasteiger partial charge on any atom is 0.231 e. The Bertz CT molecular complexity index is 1040. The second-order valence-corrected chi connectivity index (χ2v) is 7.57. The number of hydrogen-bond acceptors (Lipinski definition) is 7. The first-order valence-electron chi connectivity index (χ1n) is 9.72. The van der Waals surface area contributed by atoms with Crippen molar-refractivity contribution in [2.75, 3.05) is 31.8 Å². The second kappa shape index (κ2) is 10.4. The highest BCUT2D eigenvalue weighted by Crippen LogP contribution is 2.45. The quantitative estimate of drug-likeness (QED) is 0.528. The molecule has 0 saturated carbocycles. The van der Waals surface area contributed by atoms with E-state index in [1.807, 2.05) is 18.2 Å². The number of aromatic nitrogens is 2. The van der Waals surface area contributed by atoms with Gasteiger partial charge < -0.3 is 24.8 Å². The van der Waals surface area contributed by atoms with Gasteiger partial charge in [0.05, 0.1) is 22.5 Å². The zero-order valence-electron chi connectivity index (χ0n) is 16.6. The Balaban J connectivity index is 0.00000136. The molecule has 0 radical (unpaired) electrons. The van der Waals surface area contributed by atoms with Gasteiger partial charge in [0.2, 0.25) is 6.79 Å². The summed E-state index contributed by atoms with van der Waals surface area (Å²) in [5, 5.41) is 8.04. The maximum absolute atomic E-state index is 6.43. The van der Waals surface area contributed by atoms with Gasteiger partial charge in [-0.3, -0.25) is 0 Å². The Morgan fingerprint density at radius 2 is 1.94 bits per heavy atom. The molecule has 2 aliphatic rings. The van der Waals surface area contributed by atoms with Crippen LogP contribution in [0.4, 0.5) is 11.5 Å². The third-order valence-electron chi connectivity index (χ3n) is 5.29. The van der Waals surface area contributed by atoms with Gasteiger partial charge in [0, 0.05) is 0 Å². The molecule has 10 heteroatoms. The summed E-state index contributed by atoms with van der Waals surface area (Å²) in [5.74, 6) is 3.15. The fourth-order valence-electron chi connectivity index (χ4n) is 3.73. The monoisotopic (exact) mass is 484 g/mol. The topological polar surface area (TPSA) is 77.5 Å². The van der Waals surface area contributed by atoms with Gasteiger partial charge in [-0.25, -0.2) is 9.97 Å². The largest absolute Gasteiger partial charge is 0.492 e. The third kappa shape index (κ3) is 4.85. The molecule has 3 heterocycles. The van der Waals surface area contributed by atoms with E-state index in [0.29, 0.717) is 40.6 Å². The highest BCUT2D eigenvalue weighted by Gasteiger charge is 2.22. The lowest BCUT2D eigenvalue weighted by Gasteiger charge is -2.23. The Kier molecular flexibility index (Phi) is 7.89. The van der Waals surface area contributed by atoms with E-state index in [2.05, 4.69) is 20.6 Å². The molecule has 7 nitrogen and oxygen atoms in total. The number of hydrogen-bond donors (Lipinski definition) is 2. The number of ether oxygens (including phenoxy) is 3. The Morgan fingerprint density at radius 3 is 2.77 bits per heavy atom. The van der Waals surface area contributed by atoms with E-state index < -0.39 is 0 Å². The molecule has 0 spiro atoms. The van der Waals surface area contributed by atoms with Crippen LogP contribution in [-0.4, -0.2) is 36.5 Å². The molecule has 1 aromatic heterocycles.